The van der Waals surface area contributed by atoms with Gasteiger partial charge in [-0.25, -0.2) is 0 Å². The maximum atomic E-state index is 5.55. The van der Waals surface area contributed by atoms with Gasteiger partial charge < -0.3 is 14.8 Å². The molecule has 5 nitrogen and oxygen atoms in total. The van der Waals surface area contributed by atoms with Crippen molar-refractivity contribution in [3.05, 3.63) is 71.9 Å². The summed E-state index contributed by atoms with van der Waals surface area (Å²) in [6, 6.07) is 19.2. The van der Waals surface area contributed by atoms with Crippen LogP contribution in [0.15, 0.2) is 60.8 Å². The molecule has 4 rings (SSSR count). The van der Waals surface area contributed by atoms with Crippen molar-refractivity contribution in [1.82, 2.24) is 15.2 Å². The molecule has 28 heavy (non-hydrogen) atoms. The van der Waals surface area contributed by atoms with E-state index in [-0.39, 0.29) is 0 Å². The second-order valence-corrected chi connectivity index (χ2v) is 7.06. The number of hydrogen-bond donors (Lipinski definition) is 1. The standard InChI is InChI=1S/C23H27N3O2/c1-27-21-9-7-18(8-10-21)22(26-12-14-28-15-13-26)17-24-16-20-5-2-4-19-6-3-11-25-23(19)20/h2-11,22,24H,12-17H2,1H3. The molecular weight excluding hydrogens is 350 g/mol. The third-order valence-corrected chi connectivity index (χ3v) is 5.36. The summed E-state index contributed by atoms with van der Waals surface area (Å²) in [7, 11) is 1.70. The molecule has 3 aromatic rings. The zero-order chi connectivity index (χ0) is 19.2. The van der Waals surface area contributed by atoms with Gasteiger partial charge in [-0.3, -0.25) is 9.88 Å². The number of methoxy groups -OCH3 is 1. The number of hydrogen-bond acceptors (Lipinski definition) is 5. The maximum absolute atomic E-state index is 5.55. The Kier molecular flexibility index (Phi) is 6.17. The van der Waals surface area contributed by atoms with Crippen molar-refractivity contribution in [2.45, 2.75) is 12.6 Å². The normalized spacial score (nSPS) is 16.2. The van der Waals surface area contributed by atoms with E-state index in [1.165, 1.54) is 16.5 Å². The predicted molar refractivity (Wildman–Crippen MR) is 112 cm³/mol. The second-order valence-electron chi connectivity index (χ2n) is 7.06. The zero-order valence-electron chi connectivity index (χ0n) is 16.3. The molecule has 1 unspecified atom stereocenters. The first-order valence-corrected chi connectivity index (χ1v) is 9.84. The quantitative estimate of drug-likeness (QED) is 0.684. The molecule has 2 aromatic carbocycles. The van der Waals surface area contributed by atoms with Crippen LogP contribution in [-0.4, -0.2) is 49.8 Å². The van der Waals surface area contributed by atoms with Gasteiger partial charge >= 0.3 is 0 Å². The van der Waals surface area contributed by atoms with Gasteiger partial charge in [0.25, 0.3) is 0 Å². The minimum atomic E-state index is 0.303. The predicted octanol–water partition coefficient (Wildman–Crippen LogP) is 3.41. The Labute approximate surface area is 166 Å². The molecule has 146 valence electrons. The van der Waals surface area contributed by atoms with Gasteiger partial charge in [-0.1, -0.05) is 36.4 Å². The summed E-state index contributed by atoms with van der Waals surface area (Å²) < 4.78 is 10.9. The summed E-state index contributed by atoms with van der Waals surface area (Å²) in [5.41, 5.74) is 3.60. The second kappa shape index (κ2) is 9.15. The van der Waals surface area contributed by atoms with E-state index in [1.54, 1.807) is 7.11 Å². The molecule has 5 heteroatoms. The first-order valence-electron chi connectivity index (χ1n) is 9.84. The first kappa shape index (κ1) is 18.9. The van der Waals surface area contributed by atoms with Crippen molar-refractivity contribution in [2.75, 3.05) is 40.0 Å². The van der Waals surface area contributed by atoms with Crippen LogP contribution in [0.4, 0.5) is 0 Å². The van der Waals surface area contributed by atoms with E-state index in [1.807, 2.05) is 24.4 Å². The molecule has 1 aliphatic heterocycles. The number of fused-ring (bicyclic) bond motifs is 1. The van der Waals surface area contributed by atoms with Gasteiger partial charge in [-0.2, -0.15) is 0 Å². The van der Waals surface area contributed by atoms with Crippen molar-refractivity contribution < 1.29 is 9.47 Å². The van der Waals surface area contributed by atoms with E-state index < -0.39 is 0 Å². The Morgan fingerprint density at radius 2 is 1.86 bits per heavy atom. The number of benzene rings is 2. The topological polar surface area (TPSA) is 46.6 Å². The molecule has 0 saturated carbocycles. The summed E-state index contributed by atoms with van der Waals surface area (Å²) in [6.45, 7) is 5.16. The zero-order valence-corrected chi connectivity index (χ0v) is 16.3. The van der Waals surface area contributed by atoms with Crippen LogP contribution in [0.3, 0.4) is 0 Å². The van der Waals surface area contributed by atoms with Crippen LogP contribution in [0.5, 0.6) is 5.75 Å². The van der Waals surface area contributed by atoms with Crippen molar-refractivity contribution >= 4 is 10.9 Å². The number of rotatable bonds is 7. The largest absolute Gasteiger partial charge is 0.497 e. The van der Waals surface area contributed by atoms with Crippen LogP contribution in [0.2, 0.25) is 0 Å². The van der Waals surface area contributed by atoms with Crippen LogP contribution < -0.4 is 10.1 Å². The van der Waals surface area contributed by atoms with Crippen molar-refractivity contribution in [1.29, 1.82) is 0 Å². The summed E-state index contributed by atoms with van der Waals surface area (Å²) in [4.78, 5) is 7.06. The maximum Gasteiger partial charge on any atom is 0.118 e. The molecule has 1 saturated heterocycles. The molecule has 1 aliphatic rings. The number of ether oxygens (including phenoxy) is 2. The summed E-state index contributed by atoms with van der Waals surface area (Å²) in [6.07, 6.45) is 1.86. The van der Waals surface area contributed by atoms with E-state index in [9.17, 15) is 0 Å². The Morgan fingerprint density at radius 1 is 1.07 bits per heavy atom. The molecule has 0 aliphatic carbocycles. The molecular formula is C23H27N3O2. The molecule has 1 N–H and O–H groups in total. The fourth-order valence-electron chi connectivity index (χ4n) is 3.83. The monoisotopic (exact) mass is 377 g/mol. The number of morpholine rings is 1. The van der Waals surface area contributed by atoms with Gasteiger partial charge in [0.2, 0.25) is 0 Å². The molecule has 2 heterocycles. The lowest BCUT2D eigenvalue weighted by Crippen LogP contribution is -2.42. The van der Waals surface area contributed by atoms with E-state index in [2.05, 4.69) is 51.6 Å². The smallest absolute Gasteiger partial charge is 0.118 e. The van der Waals surface area contributed by atoms with Gasteiger partial charge in [-0.15, -0.1) is 0 Å². The molecule has 0 spiro atoms. The summed E-state index contributed by atoms with van der Waals surface area (Å²) >= 11 is 0. The summed E-state index contributed by atoms with van der Waals surface area (Å²) in [5, 5.41) is 4.85. The third kappa shape index (κ3) is 4.33. The number of aromatic nitrogens is 1. The SMILES string of the molecule is COc1ccc(C(CNCc2cccc3cccnc23)N2CCOCC2)cc1. The Bertz CT molecular complexity index is 886. The fourth-order valence-corrected chi connectivity index (χ4v) is 3.83. The Balaban J connectivity index is 1.48. The molecule has 0 amide bonds. The van der Waals surface area contributed by atoms with Crippen LogP contribution in [0.1, 0.15) is 17.2 Å². The molecule has 1 fully saturated rings. The van der Waals surface area contributed by atoms with E-state index in [0.29, 0.717) is 6.04 Å². The van der Waals surface area contributed by atoms with Crippen LogP contribution >= 0.6 is 0 Å². The lowest BCUT2D eigenvalue weighted by Gasteiger charge is -2.35. The lowest BCUT2D eigenvalue weighted by molar-refractivity contribution is 0.0161. The van der Waals surface area contributed by atoms with Crippen LogP contribution in [0, 0.1) is 0 Å². The average molecular weight is 377 g/mol. The van der Waals surface area contributed by atoms with Gasteiger partial charge in [0, 0.05) is 43.8 Å². The van der Waals surface area contributed by atoms with E-state index in [4.69, 9.17) is 9.47 Å². The number of nitrogens with one attached hydrogen (secondary N) is 1. The highest BCUT2D eigenvalue weighted by Gasteiger charge is 2.22. The number of para-hydroxylation sites is 1. The number of pyridine rings is 1. The van der Waals surface area contributed by atoms with Crippen molar-refractivity contribution in [3.63, 3.8) is 0 Å². The van der Waals surface area contributed by atoms with Gasteiger partial charge in [0.05, 0.1) is 25.8 Å². The third-order valence-electron chi connectivity index (χ3n) is 5.36. The highest BCUT2D eigenvalue weighted by Crippen LogP contribution is 2.24. The molecule has 0 bridgehead atoms. The molecule has 0 radical (unpaired) electrons. The highest BCUT2D eigenvalue weighted by atomic mass is 16.5. The Morgan fingerprint density at radius 3 is 2.64 bits per heavy atom. The fraction of sp³-hybridized carbons (Fsp3) is 0.348. The number of nitrogens with zero attached hydrogens (tertiary/aromatic N) is 2. The minimum Gasteiger partial charge on any atom is -0.497 e. The van der Waals surface area contributed by atoms with Gasteiger partial charge in [0.15, 0.2) is 0 Å². The van der Waals surface area contributed by atoms with Crippen molar-refractivity contribution in [2.24, 2.45) is 0 Å². The minimum absolute atomic E-state index is 0.303. The van der Waals surface area contributed by atoms with E-state index >= 15 is 0 Å². The average Bonchev–Trinajstić information content (AvgIpc) is 2.77. The molecule has 1 atom stereocenters. The molecule has 1 aromatic heterocycles. The van der Waals surface area contributed by atoms with Gasteiger partial charge in [0.1, 0.15) is 5.75 Å². The summed E-state index contributed by atoms with van der Waals surface area (Å²) in [5.74, 6) is 0.888. The van der Waals surface area contributed by atoms with Crippen LogP contribution in [-0.2, 0) is 11.3 Å². The first-order chi connectivity index (χ1) is 13.8. The highest BCUT2D eigenvalue weighted by molar-refractivity contribution is 5.81. The van der Waals surface area contributed by atoms with Crippen LogP contribution in [0.25, 0.3) is 10.9 Å². The lowest BCUT2D eigenvalue weighted by atomic mass is 10.0. The van der Waals surface area contributed by atoms with E-state index in [0.717, 1.165) is 50.7 Å². The van der Waals surface area contributed by atoms with Gasteiger partial charge in [-0.05, 0) is 29.3 Å². The Hall–Kier alpha value is -2.47. The van der Waals surface area contributed by atoms with Crippen molar-refractivity contribution in [3.8, 4) is 5.75 Å².